The number of likely N-dealkylation sites (N-methyl/N-ethyl adjacent to an activating group) is 1. The number of nitrogens with one attached hydrogen (secondary N) is 1. The first-order chi connectivity index (χ1) is 20.0. The molecule has 0 bridgehead atoms. The van der Waals surface area contributed by atoms with E-state index < -0.39 is 22.2 Å². The van der Waals surface area contributed by atoms with Crippen molar-refractivity contribution >= 4 is 27.5 Å². The second-order valence-corrected chi connectivity index (χ2v) is 12.4. The molecule has 2 N–H and O–H groups in total. The summed E-state index contributed by atoms with van der Waals surface area (Å²) in [6.45, 7) is 3.67. The van der Waals surface area contributed by atoms with Crippen LogP contribution in [-0.4, -0.2) is 85.5 Å². The van der Waals surface area contributed by atoms with Gasteiger partial charge in [0.25, 0.3) is 5.91 Å². The molecule has 1 aliphatic heterocycles. The molecule has 0 aliphatic carbocycles. The predicted octanol–water partition coefficient (Wildman–Crippen LogP) is 2.81. The lowest BCUT2D eigenvalue weighted by atomic mass is 10.0. The van der Waals surface area contributed by atoms with E-state index in [4.69, 9.17) is 9.47 Å². The van der Waals surface area contributed by atoms with Crippen LogP contribution in [-0.2, 0) is 21.2 Å². The van der Waals surface area contributed by atoms with Crippen LogP contribution in [0, 0.1) is 5.92 Å². The Bertz CT molecular complexity index is 1500. The second kappa shape index (κ2) is 13.3. The van der Waals surface area contributed by atoms with Gasteiger partial charge in [-0.15, -0.1) is 0 Å². The number of rotatable bonds is 9. The first-order valence-corrected chi connectivity index (χ1v) is 15.0. The molecule has 0 unspecified atom stereocenters. The number of fused-ring (bicyclic) bond motifs is 1. The third kappa shape index (κ3) is 7.07. The molecule has 2 amide bonds. The standard InChI is InChI=1S/C30H36N4O7S/c1-20-17-34(21(2)19-35)29(36)16-23-15-24(32-30(37)22-11-13-31-14-12-22)5-10-27(23)41-28(20)18-33(3)42(38,39)26-8-6-25(40-4)7-9-26/h5-15,20-21,28,35H,16-19H2,1-4H3,(H,32,37)/t20-,21-,28-/m1/s1. The van der Waals surface area contributed by atoms with Crippen LogP contribution < -0.4 is 14.8 Å². The number of sulfonamides is 1. The molecule has 224 valence electrons. The van der Waals surface area contributed by atoms with Gasteiger partial charge in [0.1, 0.15) is 17.6 Å². The summed E-state index contributed by atoms with van der Waals surface area (Å²) >= 11 is 0. The van der Waals surface area contributed by atoms with Crippen LogP contribution in [0.5, 0.6) is 11.5 Å². The Morgan fingerprint density at radius 3 is 2.52 bits per heavy atom. The highest BCUT2D eigenvalue weighted by Gasteiger charge is 2.33. The van der Waals surface area contributed by atoms with Crippen molar-refractivity contribution in [2.24, 2.45) is 5.92 Å². The van der Waals surface area contributed by atoms with Gasteiger partial charge in [0.05, 0.1) is 37.6 Å². The summed E-state index contributed by atoms with van der Waals surface area (Å²) in [5, 5.41) is 12.7. The molecule has 1 aliphatic rings. The Hall–Kier alpha value is -4.00. The molecule has 1 aromatic heterocycles. The van der Waals surface area contributed by atoms with Gasteiger partial charge in [0.2, 0.25) is 15.9 Å². The summed E-state index contributed by atoms with van der Waals surface area (Å²) in [5.74, 6) is 0.107. The number of benzene rings is 2. The van der Waals surface area contributed by atoms with Crippen molar-refractivity contribution in [3.63, 3.8) is 0 Å². The highest BCUT2D eigenvalue weighted by Crippen LogP contribution is 2.30. The van der Waals surface area contributed by atoms with Gasteiger partial charge in [0.15, 0.2) is 0 Å². The highest BCUT2D eigenvalue weighted by molar-refractivity contribution is 7.89. The van der Waals surface area contributed by atoms with Gasteiger partial charge in [-0.1, -0.05) is 6.92 Å². The zero-order chi connectivity index (χ0) is 30.4. The molecule has 0 fully saturated rings. The van der Waals surface area contributed by atoms with E-state index in [2.05, 4.69) is 10.3 Å². The molecule has 42 heavy (non-hydrogen) atoms. The van der Waals surface area contributed by atoms with E-state index in [9.17, 15) is 23.1 Å². The number of aliphatic hydroxyl groups is 1. The normalized spacial score (nSPS) is 18.2. The summed E-state index contributed by atoms with van der Waals surface area (Å²) < 4.78 is 39.6. The predicted molar refractivity (Wildman–Crippen MR) is 157 cm³/mol. The van der Waals surface area contributed by atoms with Crippen LogP contribution in [0.15, 0.2) is 71.9 Å². The Morgan fingerprint density at radius 1 is 1.19 bits per heavy atom. The maximum absolute atomic E-state index is 13.5. The lowest BCUT2D eigenvalue weighted by molar-refractivity contribution is -0.134. The number of aromatic nitrogens is 1. The average molecular weight is 597 g/mol. The van der Waals surface area contributed by atoms with Crippen LogP contribution >= 0.6 is 0 Å². The average Bonchev–Trinajstić information content (AvgIpc) is 3.04. The Kier molecular flexibility index (Phi) is 9.81. The first-order valence-electron chi connectivity index (χ1n) is 13.5. The summed E-state index contributed by atoms with van der Waals surface area (Å²) in [6, 6.07) is 13.9. The largest absolute Gasteiger partial charge is 0.497 e. The number of hydrogen-bond acceptors (Lipinski definition) is 8. The lowest BCUT2D eigenvalue weighted by Crippen LogP contribution is -2.48. The van der Waals surface area contributed by atoms with Crippen LogP contribution in [0.3, 0.4) is 0 Å². The molecular formula is C30H36N4O7S. The first kappa shape index (κ1) is 30.9. The van der Waals surface area contributed by atoms with Crippen molar-refractivity contribution in [1.82, 2.24) is 14.2 Å². The van der Waals surface area contributed by atoms with Crippen LogP contribution in [0.25, 0.3) is 0 Å². The van der Waals surface area contributed by atoms with Crippen LogP contribution in [0.4, 0.5) is 5.69 Å². The molecule has 2 aromatic carbocycles. The minimum atomic E-state index is -3.86. The van der Waals surface area contributed by atoms with Gasteiger partial charge in [0, 0.05) is 48.7 Å². The number of anilines is 1. The number of carbonyl (C=O) groups excluding carboxylic acids is 2. The summed E-state index contributed by atoms with van der Waals surface area (Å²) in [4.78, 5) is 31.8. The zero-order valence-corrected chi connectivity index (χ0v) is 24.9. The molecule has 3 aromatic rings. The summed E-state index contributed by atoms with van der Waals surface area (Å²) in [7, 11) is -0.868. The summed E-state index contributed by atoms with van der Waals surface area (Å²) in [5.41, 5.74) is 1.43. The number of hydrogen-bond donors (Lipinski definition) is 2. The van der Waals surface area contributed by atoms with Crippen molar-refractivity contribution in [2.45, 2.75) is 37.3 Å². The molecule has 12 heteroatoms. The minimum absolute atomic E-state index is 0.00500. The van der Waals surface area contributed by atoms with Crippen LogP contribution in [0.2, 0.25) is 0 Å². The maximum Gasteiger partial charge on any atom is 0.255 e. The fraction of sp³-hybridized carbons (Fsp3) is 0.367. The van der Waals surface area contributed by atoms with E-state index in [1.165, 1.54) is 43.0 Å². The minimum Gasteiger partial charge on any atom is -0.497 e. The number of pyridine rings is 1. The molecule has 11 nitrogen and oxygen atoms in total. The van der Waals surface area contributed by atoms with E-state index in [0.29, 0.717) is 28.3 Å². The second-order valence-electron chi connectivity index (χ2n) is 10.4. The van der Waals surface area contributed by atoms with E-state index in [-0.39, 0.29) is 48.7 Å². The number of carbonyl (C=O) groups is 2. The van der Waals surface area contributed by atoms with Crippen molar-refractivity contribution in [3.8, 4) is 11.5 Å². The third-order valence-electron chi connectivity index (χ3n) is 7.32. The molecule has 2 heterocycles. The van der Waals surface area contributed by atoms with Crippen molar-refractivity contribution in [2.75, 3.05) is 39.2 Å². The molecule has 4 rings (SSSR count). The lowest BCUT2D eigenvalue weighted by Gasteiger charge is -2.33. The molecular weight excluding hydrogens is 560 g/mol. The SMILES string of the molecule is COc1ccc(S(=O)(=O)N(C)C[C@H]2Oc3ccc(NC(=O)c4ccncc4)cc3CC(=O)N([C@H](C)CO)C[C@H]2C)cc1. The Labute approximate surface area is 246 Å². The monoisotopic (exact) mass is 596 g/mol. The van der Waals surface area contributed by atoms with Gasteiger partial charge in [-0.3, -0.25) is 14.6 Å². The highest BCUT2D eigenvalue weighted by atomic mass is 32.2. The van der Waals surface area contributed by atoms with Gasteiger partial charge in [-0.25, -0.2) is 8.42 Å². The molecule has 0 saturated carbocycles. The molecule has 3 atom stereocenters. The number of aliphatic hydroxyl groups excluding tert-OH is 1. The van der Waals surface area contributed by atoms with E-state index in [1.807, 2.05) is 6.92 Å². The summed E-state index contributed by atoms with van der Waals surface area (Å²) in [6.07, 6.45) is 2.38. The molecule has 0 saturated heterocycles. The molecule has 0 spiro atoms. The Balaban J connectivity index is 1.64. The van der Waals surface area contributed by atoms with Gasteiger partial charge < -0.3 is 24.8 Å². The number of ether oxygens (including phenoxy) is 2. The van der Waals surface area contributed by atoms with Crippen molar-refractivity contribution < 1.29 is 32.6 Å². The van der Waals surface area contributed by atoms with Crippen LogP contribution in [0.1, 0.15) is 29.8 Å². The fourth-order valence-electron chi connectivity index (χ4n) is 4.71. The van der Waals surface area contributed by atoms with E-state index in [0.717, 1.165) is 0 Å². The van der Waals surface area contributed by atoms with Gasteiger partial charge >= 0.3 is 0 Å². The number of methoxy groups -OCH3 is 1. The quantitative estimate of drug-likeness (QED) is 0.385. The Morgan fingerprint density at radius 2 is 1.88 bits per heavy atom. The number of amides is 2. The van der Waals surface area contributed by atoms with Crippen molar-refractivity contribution in [3.05, 3.63) is 78.1 Å². The van der Waals surface area contributed by atoms with E-state index >= 15 is 0 Å². The van der Waals surface area contributed by atoms with Gasteiger partial charge in [-0.05, 0) is 61.5 Å². The van der Waals surface area contributed by atoms with Crippen molar-refractivity contribution in [1.29, 1.82) is 0 Å². The fourth-order valence-corrected chi connectivity index (χ4v) is 5.89. The smallest absolute Gasteiger partial charge is 0.255 e. The van der Waals surface area contributed by atoms with E-state index in [1.54, 1.807) is 54.3 Å². The zero-order valence-electron chi connectivity index (χ0n) is 24.1. The molecule has 0 radical (unpaired) electrons. The third-order valence-corrected chi connectivity index (χ3v) is 9.16. The maximum atomic E-state index is 13.5. The number of nitrogens with zero attached hydrogens (tertiary/aromatic N) is 3. The van der Waals surface area contributed by atoms with Gasteiger partial charge in [-0.2, -0.15) is 4.31 Å². The topological polar surface area (TPSA) is 138 Å².